The average Bonchev–Trinajstić information content (AvgIpc) is 3.13. The second kappa shape index (κ2) is 7.98. The minimum Gasteiger partial charge on any atom is -0.423 e. The SMILES string of the molecule is O=C(Nc1cccc(Cl)c1)Nc1nc(-c2ccccc2)c(-c2ccccc2)o1. The van der Waals surface area contributed by atoms with Gasteiger partial charge in [0.05, 0.1) is 0 Å². The van der Waals surface area contributed by atoms with Gasteiger partial charge in [-0.1, -0.05) is 78.3 Å². The predicted molar refractivity (Wildman–Crippen MR) is 111 cm³/mol. The predicted octanol–water partition coefficient (Wildman–Crippen LogP) is 6.31. The molecule has 0 fully saturated rings. The van der Waals surface area contributed by atoms with Crippen LogP contribution >= 0.6 is 11.6 Å². The van der Waals surface area contributed by atoms with Crippen molar-refractivity contribution in [3.63, 3.8) is 0 Å². The van der Waals surface area contributed by atoms with Gasteiger partial charge in [-0.2, -0.15) is 4.98 Å². The second-order valence-electron chi connectivity index (χ2n) is 6.02. The third kappa shape index (κ3) is 4.05. The summed E-state index contributed by atoms with van der Waals surface area (Å²) >= 11 is 5.95. The summed E-state index contributed by atoms with van der Waals surface area (Å²) in [5.74, 6) is 0.588. The van der Waals surface area contributed by atoms with Gasteiger partial charge in [0.25, 0.3) is 0 Å². The van der Waals surface area contributed by atoms with Crippen LogP contribution in [0.4, 0.5) is 16.5 Å². The van der Waals surface area contributed by atoms with Crippen LogP contribution in [0.1, 0.15) is 0 Å². The molecular formula is C22H16ClN3O2. The monoisotopic (exact) mass is 389 g/mol. The fourth-order valence-electron chi connectivity index (χ4n) is 2.78. The van der Waals surface area contributed by atoms with E-state index in [0.717, 1.165) is 11.1 Å². The average molecular weight is 390 g/mol. The summed E-state index contributed by atoms with van der Waals surface area (Å²) < 4.78 is 5.88. The van der Waals surface area contributed by atoms with Gasteiger partial charge in [0.2, 0.25) is 0 Å². The van der Waals surface area contributed by atoms with E-state index in [1.165, 1.54) is 0 Å². The van der Waals surface area contributed by atoms with E-state index in [1.807, 2.05) is 60.7 Å². The summed E-state index contributed by atoms with van der Waals surface area (Å²) in [5, 5.41) is 5.88. The van der Waals surface area contributed by atoms with Crippen LogP contribution in [-0.2, 0) is 0 Å². The maximum atomic E-state index is 12.3. The molecule has 0 saturated heterocycles. The summed E-state index contributed by atoms with van der Waals surface area (Å²) in [6.07, 6.45) is 0. The van der Waals surface area contributed by atoms with Crippen molar-refractivity contribution >= 4 is 29.3 Å². The van der Waals surface area contributed by atoms with Crippen LogP contribution in [0, 0.1) is 0 Å². The van der Waals surface area contributed by atoms with Gasteiger partial charge < -0.3 is 9.73 Å². The van der Waals surface area contributed by atoms with Gasteiger partial charge in [0.1, 0.15) is 5.69 Å². The van der Waals surface area contributed by atoms with E-state index in [4.69, 9.17) is 16.0 Å². The van der Waals surface area contributed by atoms with Crippen LogP contribution in [-0.4, -0.2) is 11.0 Å². The molecule has 6 heteroatoms. The third-order valence-electron chi connectivity index (χ3n) is 4.01. The van der Waals surface area contributed by atoms with Crippen molar-refractivity contribution in [1.82, 2.24) is 4.98 Å². The minimum absolute atomic E-state index is 0.109. The lowest BCUT2D eigenvalue weighted by molar-refractivity contribution is 0.261. The fourth-order valence-corrected chi connectivity index (χ4v) is 2.97. The molecule has 2 N–H and O–H groups in total. The highest BCUT2D eigenvalue weighted by Gasteiger charge is 2.18. The van der Waals surface area contributed by atoms with E-state index >= 15 is 0 Å². The molecule has 0 spiro atoms. The van der Waals surface area contributed by atoms with E-state index in [0.29, 0.717) is 22.2 Å². The standard InChI is InChI=1S/C22H16ClN3O2/c23-17-12-7-13-18(14-17)24-21(27)26-22-25-19(15-8-3-1-4-9-15)20(28-22)16-10-5-2-6-11-16/h1-14H,(H2,24,25,26,27). The zero-order valence-electron chi connectivity index (χ0n) is 14.7. The van der Waals surface area contributed by atoms with Gasteiger partial charge in [-0.05, 0) is 18.2 Å². The van der Waals surface area contributed by atoms with Crippen LogP contribution < -0.4 is 10.6 Å². The maximum Gasteiger partial charge on any atom is 0.327 e. The van der Waals surface area contributed by atoms with E-state index in [9.17, 15) is 4.79 Å². The molecule has 5 nitrogen and oxygen atoms in total. The van der Waals surface area contributed by atoms with Crippen molar-refractivity contribution in [3.05, 3.63) is 90.0 Å². The highest BCUT2D eigenvalue weighted by atomic mass is 35.5. The van der Waals surface area contributed by atoms with Crippen LogP contribution in [0.3, 0.4) is 0 Å². The number of halogens is 1. The Bertz CT molecular complexity index is 1040. The summed E-state index contributed by atoms with van der Waals surface area (Å²) in [7, 11) is 0. The number of amides is 2. The van der Waals surface area contributed by atoms with Gasteiger partial charge in [0, 0.05) is 21.8 Å². The first-order valence-corrected chi connectivity index (χ1v) is 9.02. The summed E-state index contributed by atoms with van der Waals surface area (Å²) in [4.78, 5) is 16.8. The Morgan fingerprint density at radius 2 is 1.50 bits per heavy atom. The lowest BCUT2D eigenvalue weighted by atomic mass is 10.1. The lowest BCUT2D eigenvalue weighted by Gasteiger charge is -2.04. The first-order valence-electron chi connectivity index (χ1n) is 8.64. The molecule has 2 amide bonds. The first kappa shape index (κ1) is 17.8. The number of benzene rings is 3. The van der Waals surface area contributed by atoms with E-state index in [1.54, 1.807) is 24.3 Å². The molecule has 0 aliphatic heterocycles. The zero-order valence-corrected chi connectivity index (χ0v) is 15.5. The summed E-state index contributed by atoms with van der Waals surface area (Å²) in [6, 6.07) is 25.8. The van der Waals surface area contributed by atoms with Gasteiger partial charge >= 0.3 is 12.0 Å². The molecule has 4 rings (SSSR count). The number of anilines is 2. The number of hydrogen-bond donors (Lipinski definition) is 2. The van der Waals surface area contributed by atoms with Gasteiger partial charge in [-0.25, -0.2) is 4.79 Å². The van der Waals surface area contributed by atoms with E-state index in [-0.39, 0.29) is 6.01 Å². The van der Waals surface area contributed by atoms with Gasteiger partial charge in [-0.3, -0.25) is 5.32 Å². The number of nitrogens with zero attached hydrogens (tertiary/aromatic N) is 1. The molecule has 0 saturated carbocycles. The number of urea groups is 1. The van der Waals surface area contributed by atoms with Crippen molar-refractivity contribution in [2.75, 3.05) is 10.6 Å². The summed E-state index contributed by atoms with van der Waals surface area (Å²) in [5.41, 5.74) is 3.00. The van der Waals surface area contributed by atoms with E-state index in [2.05, 4.69) is 15.6 Å². The van der Waals surface area contributed by atoms with E-state index < -0.39 is 6.03 Å². The Labute approximate surface area is 167 Å². The number of aromatic nitrogens is 1. The third-order valence-corrected chi connectivity index (χ3v) is 4.25. The Hall–Kier alpha value is -3.57. The fraction of sp³-hybridized carbons (Fsp3) is 0. The molecule has 3 aromatic carbocycles. The van der Waals surface area contributed by atoms with Crippen LogP contribution in [0.25, 0.3) is 22.6 Å². The molecule has 0 unspecified atom stereocenters. The lowest BCUT2D eigenvalue weighted by Crippen LogP contribution is -2.19. The molecule has 0 atom stereocenters. The zero-order chi connectivity index (χ0) is 19.3. The summed E-state index contributed by atoms with van der Waals surface area (Å²) in [6.45, 7) is 0. The highest BCUT2D eigenvalue weighted by molar-refractivity contribution is 6.30. The molecule has 0 radical (unpaired) electrons. The number of oxazole rings is 1. The largest absolute Gasteiger partial charge is 0.423 e. The Kier molecular flexibility index (Phi) is 5.08. The topological polar surface area (TPSA) is 67.2 Å². The Morgan fingerprint density at radius 3 is 2.18 bits per heavy atom. The van der Waals surface area contributed by atoms with Crippen molar-refractivity contribution in [2.45, 2.75) is 0 Å². The van der Waals surface area contributed by atoms with Crippen molar-refractivity contribution in [3.8, 4) is 22.6 Å². The number of hydrogen-bond acceptors (Lipinski definition) is 3. The van der Waals surface area contributed by atoms with Gasteiger partial charge in [-0.15, -0.1) is 0 Å². The normalized spacial score (nSPS) is 10.5. The Balaban J connectivity index is 1.63. The smallest absolute Gasteiger partial charge is 0.327 e. The molecular weight excluding hydrogens is 374 g/mol. The molecule has 4 aromatic rings. The maximum absolute atomic E-state index is 12.3. The molecule has 1 aromatic heterocycles. The molecule has 0 aliphatic rings. The number of carbonyl (C=O) groups excluding carboxylic acids is 1. The molecule has 138 valence electrons. The second-order valence-corrected chi connectivity index (χ2v) is 6.45. The number of nitrogens with one attached hydrogen (secondary N) is 2. The van der Waals surface area contributed by atoms with Crippen molar-refractivity contribution in [1.29, 1.82) is 0 Å². The molecule has 0 bridgehead atoms. The molecule has 28 heavy (non-hydrogen) atoms. The van der Waals surface area contributed by atoms with Crippen LogP contribution in [0.15, 0.2) is 89.3 Å². The van der Waals surface area contributed by atoms with Crippen LogP contribution in [0.5, 0.6) is 0 Å². The highest BCUT2D eigenvalue weighted by Crippen LogP contribution is 2.34. The Morgan fingerprint density at radius 1 is 0.821 bits per heavy atom. The quantitative estimate of drug-likeness (QED) is 0.430. The molecule has 1 heterocycles. The first-order chi connectivity index (χ1) is 13.7. The van der Waals surface area contributed by atoms with Crippen molar-refractivity contribution in [2.24, 2.45) is 0 Å². The number of rotatable bonds is 4. The van der Waals surface area contributed by atoms with Crippen molar-refractivity contribution < 1.29 is 9.21 Å². The van der Waals surface area contributed by atoms with Crippen LogP contribution in [0.2, 0.25) is 5.02 Å². The minimum atomic E-state index is -0.470. The van der Waals surface area contributed by atoms with Gasteiger partial charge in [0.15, 0.2) is 5.76 Å². The molecule has 0 aliphatic carbocycles. The number of carbonyl (C=O) groups is 1.